The molecule has 0 saturated heterocycles. The first kappa shape index (κ1) is 22.3. The Bertz CT molecular complexity index is 1280. The molecule has 1 amide bonds. The van der Waals surface area contributed by atoms with Crippen LogP contribution in [-0.4, -0.2) is 14.3 Å². The van der Waals surface area contributed by atoms with Crippen molar-refractivity contribution in [3.05, 3.63) is 88.2 Å². The van der Waals surface area contributed by atoms with E-state index in [-0.39, 0.29) is 17.2 Å². The number of aryl methyl sites for hydroxylation is 1. The first-order chi connectivity index (χ1) is 14.6. The average Bonchev–Trinajstić information content (AvgIpc) is 2.66. The third-order valence-electron chi connectivity index (χ3n) is 4.16. The highest BCUT2D eigenvalue weighted by Crippen LogP contribution is 2.31. The minimum atomic E-state index is -3.79. The number of anilines is 1. The molecule has 7 nitrogen and oxygen atoms in total. The lowest BCUT2D eigenvalue weighted by Gasteiger charge is -2.11. The van der Waals surface area contributed by atoms with E-state index >= 15 is 0 Å². The molecule has 0 bridgehead atoms. The molecule has 0 saturated carbocycles. The quantitative estimate of drug-likeness (QED) is 0.520. The zero-order valence-corrected chi connectivity index (χ0v) is 18.0. The number of halogens is 1. The second-order valence-electron chi connectivity index (χ2n) is 6.81. The maximum absolute atomic E-state index is 12.4. The fourth-order valence-corrected chi connectivity index (χ4v) is 3.65. The molecule has 158 valence electrons. The van der Waals surface area contributed by atoms with Gasteiger partial charge in [0.15, 0.2) is 5.69 Å². The second kappa shape index (κ2) is 9.18. The van der Waals surface area contributed by atoms with Gasteiger partial charge in [-0.1, -0.05) is 17.7 Å². The van der Waals surface area contributed by atoms with Crippen LogP contribution >= 0.6 is 11.6 Å². The molecule has 0 fully saturated rings. The molecule has 0 heterocycles. The average molecular weight is 456 g/mol. The first-order valence-electron chi connectivity index (χ1n) is 9.01. The lowest BCUT2D eigenvalue weighted by atomic mass is 10.1. The molecule has 0 aliphatic carbocycles. The van der Waals surface area contributed by atoms with Crippen molar-refractivity contribution < 1.29 is 17.9 Å². The van der Waals surface area contributed by atoms with Crippen molar-refractivity contribution in [1.82, 2.24) is 0 Å². The normalized spacial score (nSPS) is 10.9. The van der Waals surface area contributed by atoms with Crippen molar-refractivity contribution in [2.75, 3.05) is 5.32 Å². The molecular formula is C22H18ClN3O4S. The Hall–Kier alpha value is -3.38. The van der Waals surface area contributed by atoms with E-state index in [1.54, 1.807) is 24.3 Å². The number of hydrogen-bond acceptors (Lipinski definition) is 4. The van der Waals surface area contributed by atoms with Crippen LogP contribution in [0.15, 0.2) is 65.6 Å². The summed E-state index contributed by atoms with van der Waals surface area (Å²) in [6.07, 6.45) is 0.0812. The summed E-state index contributed by atoms with van der Waals surface area (Å²) in [5.41, 5.74) is 2.43. The fraction of sp³-hybridized carbons (Fsp3) is 0.0909. The van der Waals surface area contributed by atoms with Crippen molar-refractivity contribution in [1.29, 1.82) is 0 Å². The second-order valence-corrected chi connectivity index (χ2v) is 8.81. The topological polar surface area (TPSA) is 103 Å². The van der Waals surface area contributed by atoms with Crippen molar-refractivity contribution >= 4 is 38.9 Å². The predicted molar refractivity (Wildman–Crippen MR) is 119 cm³/mol. The maximum atomic E-state index is 12.4. The first-order valence-corrected chi connectivity index (χ1v) is 10.9. The number of carbonyl (C=O) groups excluding carboxylic acids is 1. The van der Waals surface area contributed by atoms with E-state index < -0.39 is 10.0 Å². The Morgan fingerprint density at radius 3 is 2.42 bits per heavy atom. The molecule has 0 spiro atoms. The van der Waals surface area contributed by atoms with Crippen molar-refractivity contribution in [3.8, 4) is 11.5 Å². The van der Waals surface area contributed by atoms with Gasteiger partial charge in [0.2, 0.25) is 15.9 Å². The van der Waals surface area contributed by atoms with E-state index in [1.807, 2.05) is 19.1 Å². The lowest BCUT2D eigenvalue weighted by Crippen LogP contribution is -2.15. The molecule has 0 aromatic heterocycles. The van der Waals surface area contributed by atoms with Crippen LogP contribution < -0.4 is 15.2 Å². The van der Waals surface area contributed by atoms with E-state index in [0.29, 0.717) is 27.9 Å². The van der Waals surface area contributed by atoms with Crippen LogP contribution in [-0.2, 0) is 21.2 Å². The number of hydrogen-bond donors (Lipinski definition) is 2. The third-order valence-corrected chi connectivity index (χ3v) is 5.31. The highest BCUT2D eigenvalue weighted by molar-refractivity contribution is 7.89. The van der Waals surface area contributed by atoms with Crippen molar-refractivity contribution in [3.63, 3.8) is 0 Å². The Morgan fingerprint density at radius 1 is 1.10 bits per heavy atom. The number of ether oxygens (including phenoxy) is 1. The van der Waals surface area contributed by atoms with Crippen molar-refractivity contribution in [2.45, 2.75) is 18.2 Å². The van der Waals surface area contributed by atoms with Gasteiger partial charge in [-0.25, -0.2) is 18.4 Å². The largest absolute Gasteiger partial charge is 0.459 e. The molecule has 0 atom stereocenters. The molecule has 3 aromatic rings. The van der Waals surface area contributed by atoms with Crippen molar-refractivity contribution in [2.24, 2.45) is 5.14 Å². The van der Waals surface area contributed by atoms with Gasteiger partial charge in [-0.2, -0.15) is 0 Å². The maximum Gasteiger partial charge on any atom is 0.238 e. The molecule has 0 radical (unpaired) electrons. The van der Waals surface area contributed by atoms with Crippen LogP contribution in [0.5, 0.6) is 11.5 Å². The van der Waals surface area contributed by atoms with Gasteiger partial charge in [0.25, 0.3) is 0 Å². The molecular weight excluding hydrogens is 438 g/mol. The number of nitrogens with two attached hydrogens (primary N) is 1. The van der Waals surface area contributed by atoms with Gasteiger partial charge in [-0.05, 0) is 72.6 Å². The minimum absolute atomic E-state index is 0.0339. The molecule has 3 N–H and O–H groups in total. The summed E-state index contributed by atoms with van der Waals surface area (Å²) in [6.45, 7) is 9.00. The Kier molecular flexibility index (Phi) is 6.61. The highest BCUT2D eigenvalue weighted by atomic mass is 35.5. The van der Waals surface area contributed by atoms with E-state index in [1.165, 1.54) is 24.3 Å². The van der Waals surface area contributed by atoms with Crippen LogP contribution in [0.25, 0.3) is 4.85 Å². The number of rotatable bonds is 6. The van der Waals surface area contributed by atoms with Gasteiger partial charge in [0.1, 0.15) is 11.5 Å². The Morgan fingerprint density at radius 2 is 1.77 bits per heavy atom. The number of benzene rings is 3. The number of carbonyl (C=O) groups is 1. The Balaban J connectivity index is 1.72. The van der Waals surface area contributed by atoms with Gasteiger partial charge in [-0.3, -0.25) is 4.79 Å². The predicted octanol–water partition coefficient (Wildman–Crippen LogP) is 4.82. The highest BCUT2D eigenvalue weighted by Gasteiger charge is 2.10. The van der Waals surface area contributed by atoms with Crippen LogP contribution in [0.3, 0.4) is 0 Å². The van der Waals surface area contributed by atoms with Crippen LogP contribution in [0.2, 0.25) is 5.02 Å². The Labute approximate surface area is 185 Å². The van der Waals surface area contributed by atoms with Gasteiger partial charge in [0.05, 0.1) is 17.9 Å². The van der Waals surface area contributed by atoms with Gasteiger partial charge in [-0.15, -0.1) is 0 Å². The van der Waals surface area contributed by atoms with E-state index in [0.717, 1.165) is 11.1 Å². The van der Waals surface area contributed by atoms with Crippen LogP contribution in [0.1, 0.15) is 11.1 Å². The number of primary sulfonamides is 1. The number of amides is 1. The van der Waals surface area contributed by atoms with E-state index in [4.69, 9.17) is 28.0 Å². The fourth-order valence-electron chi connectivity index (χ4n) is 2.91. The summed E-state index contributed by atoms with van der Waals surface area (Å²) < 4.78 is 28.5. The standard InChI is InChI=1S/C22H18ClN3O4S/c1-14-7-15(9-19(8-14)30-20-12-16(23)11-18(13-20)25-2)10-22(27)26-17-3-5-21(6-4-17)31(24,28)29/h3-9,11-13H,10H2,1H3,(H,26,27)(H2,24,28,29). The number of sulfonamides is 1. The SMILES string of the molecule is [C-]#[N+]c1cc(Cl)cc(Oc2cc(C)cc(CC(=O)Nc3ccc(S(N)(=O)=O)cc3)c2)c1. The van der Waals surface area contributed by atoms with Crippen LogP contribution in [0, 0.1) is 13.5 Å². The van der Waals surface area contributed by atoms with Crippen LogP contribution in [0.4, 0.5) is 11.4 Å². The summed E-state index contributed by atoms with van der Waals surface area (Å²) in [5, 5.41) is 8.18. The smallest absolute Gasteiger partial charge is 0.238 e. The molecule has 3 aromatic carbocycles. The molecule has 9 heteroatoms. The summed E-state index contributed by atoms with van der Waals surface area (Å²) >= 11 is 6.02. The summed E-state index contributed by atoms with van der Waals surface area (Å²) in [6, 6.07) is 15.7. The summed E-state index contributed by atoms with van der Waals surface area (Å²) in [5.74, 6) is 0.658. The molecule has 31 heavy (non-hydrogen) atoms. The monoisotopic (exact) mass is 455 g/mol. The summed E-state index contributed by atoms with van der Waals surface area (Å²) in [7, 11) is -3.79. The molecule has 0 aliphatic rings. The third kappa shape index (κ3) is 6.30. The zero-order chi connectivity index (χ0) is 22.6. The van der Waals surface area contributed by atoms with Gasteiger partial charge >= 0.3 is 0 Å². The molecule has 3 rings (SSSR count). The number of nitrogens with zero attached hydrogens (tertiary/aromatic N) is 1. The molecule has 0 unspecified atom stereocenters. The van der Waals surface area contributed by atoms with E-state index in [9.17, 15) is 13.2 Å². The zero-order valence-electron chi connectivity index (χ0n) is 16.4. The molecule has 0 aliphatic heterocycles. The number of nitrogens with one attached hydrogen (secondary N) is 1. The summed E-state index contributed by atoms with van der Waals surface area (Å²) in [4.78, 5) is 15.8. The minimum Gasteiger partial charge on any atom is -0.459 e. The van der Waals surface area contributed by atoms with Gasteiger partial charge < -0.3 is 10.1 Å². The lowest BCUT2D eigenvalue weighted by molar-refractivity contribution is -0.115. The van der Waals surface area contributed by atoms with Gasteiger partial charge in [0, 0.05) is 10.7 Å². The van der Waals surface area contributed by atoms with E-state index in [2.05, 4.69) is 10.2 Å².